The molecule has 0 aliphatic carbocycles. The summed E-state index contributed by atoms with van der Waals surface area (Å²) in [6.07, 6.45) is -3.32. The molecule has 0 unspecified atom stereocenters. The molecule has 1 aromatic heterocycles. The number of hydrogen-bond donors (Lipinski definition) is 0. The van der Waals surface area contributed by atoms with Crippen LogP contribution in [0.1, 0.15) is 16.8 Å². The number of nitrogens with zero attached hydrogens (tertiary/aromatic N) is 2. The minimum absolute atomic E-state index is 0.0853. The summed E-state index contributed by atoms with van der Waals surface area (Å²) in [5.41, 5.74) is -1.06. The van der Waals surface area contributed by atoms with Crippen molar-refractivity contribution in [2.45, 2.75) is 13.1 Å². The van der Waals surface area contributed by atoms with E-state index < -0.39 is 11.7 Å². The van der Waals surface area contributed by atoms with Crippen LogP contribution in [0.2, 0.25) is 0 Å². The van der Waals surface area contributed by atoms with Crippen molar-refractivity contribution in [1.29, 1.82) is 5.26 Å². The lowest BCUT2D eigenvalue weighted by Crippen LogP contribution is -2.09. The molecule has 13 heavy (non-hydrogen) atoms. The number of nitriles is 1. The van der Waals surface area contributed by atoms with Crippen molar-refractivity contribution >= 4 is 0 Å². The van der Waals surface area contributed by atoms with E-state index >= 15 is 0 Å². The van der Waals surface area contributed by atoms with Crippen LogP contribution in [0, 0.1) is 18.3 Å². The van der Waals surface area contributed by atoms with Crippen LogP contribution in [0.15, 0.2) is 12.3 Å². The Balaban J connectivity index is 3.29. The van der Waals surface area contributed by atoms with E-state index in [9.17, 15) is 13.2 Å². The van der Waals surface area contributed by atoms with Gasteiger partial charge < -0.3 is 0 Å². The molecule has 0 saturated heterocycles. The van der Waals surface area contributed by atoms with E-state index in [4.69, 9.17) is 5.26 Å². The van der Waals surface area contributed by atoms with Gasteiger partial charge in [-0.25, -0.2) is 0 Å². The van der Waals surface area contributed by atoms with Crippen molar-refractivity contribution in [3.63, 3.8) is 0 Å². The van der Waals surface area contributed by atoms with Gasteiger partial charge in [-0.15, -0.1) is 0 Å². The van der Waals surface area contributed by atoms with Crippen molar-refractivity contribution < 1.29 is 13.2 Å². The molecule has 5 heteroatoms. The van der Waals surface area contributed by atoms with Gasteiger partial charge in [0.05, 0.1) is 11.1 Å². The summed E-state index contributed by atoms with van der Waals surface area (Å²) in [5, 5.41) is 8.36. The minimum Gasteiger partial charge on any atom is -0.260 e. The number of halogens is 3. The third-order valence-corrected chi connectivity index (χ3v) is 1.52. The van der Waals surface area contributed by atoms with Gasteiger partial charge >= 0.3 is 6.18 Å². The van der Waals surface area contributed by atoms with Crippen molar-refractivity contribution in [1.82, 2.24) is 4.98 Å². The zero-order chi connectivity index (χ0) is 10.1. The van der Waals surface area contributed by atoms with Gasteiger partial charge in [0.15, 0.2) is 0 Å². The molecule has 0 radical (unpaired) electrons. The second-order valence-electron chi connectivity index (χ2n) is 2.47. The SMILES string of the molecule is Cc1ncc(C#N)cc1C(F)(F)F. The molecule has 0 aliphatic heterocycles. The molecular weight excluding hydrogens is 181 g/mol. The first kappa shape index (κ1) is 9.52. The molecule has 0 aromatic carbocycles. The minimum atomic E-state index is -4.44. The Kier molecular flexibility index (Phi) is 2.24. The second kappa shape index (κ2) is 3.05. The van der Waals surface area contributed by atoms with Gasteiger partial charge in [0, 0.05) is 11.9 Å². The topological polar surface area (TPSA) is 36.7 Å². The van der Waals surface area contributed by atoms with Gasteiger partial charge in [-0.3, -0.25) is 4.98 Å². The molecule has 0 aliphatic rings. The lowest BCUT2D eigenvalue weighted by Gasteiger charge is -2.08. The van der Waals surface area contributed by atoms with Gasteiger partial charge in [0.2, 0.25) is 0 Å². The monoisotopic (exact) mass is 186 g/mol. The number of alkyl halides is 3. The Morgan fingerprint density at radius 1 is 1.46 bits per heavy atom. The summed E-state index contributed by atoms with van der Waals surface area (Å²) in [6.45, 7) is 1.25. The molecule has 68 valence electrons. The molecule has 1 heterocycles. The normalized spacial score (nSPS) is 11.0. The maximum Gasteiger partial charge on any atom is 0.418 e. The summed E-state index contributed by atoms with van der Waals surface area (Å²) < 4.78 is 36.6. The van der Waals surface area contributed by atoms with Gasteiger partial charge in [0.25, 0.3) is 0 Å². The molecule has 0 spiro atoms. The van der Waals surface area contributed by atoms with Gasteiger partial charge in [-0.2, -0.15) is 18.4 Å². The molecule has 2 nitrogen and oxygen atoms in total. The summed E-state index contributed by atoms with van der Waals surface area (Å²) >= 11 is 0. The maximum atomic E-state index is 12.2. The third-order valence-electron chi connectivity index (χ3n) is 1.52. The zero-order valence-corrected chi connectivity index (χ0v) is 6.68. The summed E-state index contributed by atoms with van der Waals surface area (Å²) in [7, 11) is 0. The van der Waals surface area contributed by atoms with Crippen molar-refractivity contribution in [2.24, 2.45) is 0 Å². The maximum absolute atomic E-state index is 12.2. The number of rotatable bonds is 0. The average molecular weight is 186 g/mol. The quantitative estimate of drug-likeness (QED) is 0.623. The van der Waals surface area contributed by atoms with Gasteiger partial charge in [0.1, 0.15) is 6.07 Å². The van der Waals surface area contributed by atoms with E-state index in [1.54, 1.807) is 6.07 Å². The van der Waals surface area contributed by atoms with E-state index in [-0.39, 0.29) is 11.3 Å². The Hall–Kier alpha value is -1.57. The summed E-state index contributed by atoms with van der Waals surface area (Å²) in [4.78, 5) is 3.47. The Bertz CT molecular complexity index is 363. The Morgan fingerprint density at radius 2 is 2.08 bits per heavy atom. The highest BCUT2D eigenvalue weighted by Gasteiger charge is 2.33. The fourth-order valence-electron chi connectivity index (χ4n) is 0.881. The highest BCUT2D eigenvalue weighted by molar-refractivity contribution is 5.34. The number of hydrogen-bond acceptors (Lipinski definition) is 2. The average Bonchev–Trinajstić information content (AvgIpc) is 2.03. The van der Waals surface area contributed by atoms with E-state index in [0.717, 1.165) is 12.3 Å². The molecule has 0 saturated carbocycles. The number of aryl methyl sites for hydroxylation is 1. The van der Waals surface area contributed by atoms with E-state index in [1.165, 1.54) is 6.92 Å². The molecule has 1 aromatic rings. The largest absolute Gasteiger partial charge is 0.418 e. The van der Waals surface area contributed by atoms with Crippen LogP contribution in [0.3, 0.4) is 0 Å². The zero-order valence-electron chi connectivity index (χ0n) is 6.68. The van der Waals surface area contributed by atoms with Crippen molar-refractivity contribution in [3.8, 4) is 6.07 Å². The predicted molar refractivity (Wildman–Crippen MR) is 38.7 cm³/mol. The van der Waals surface area contributed by atoms with Crippen LogP contribution >= 0.6 is 0 Å². The fraction of sp³-hybridized carbons (Fsp3) is 0.250. The smallest absolute Gasteiger partial charge is 0.260 e. The summed E-state index contributed by atoms with van der Waals surface area (Å²) in [6, 6.07) is 2.40. The first-order valence-electron chi connectivity index (χ1n) is 3.39. The van der Waals surface area contributed by atoms with Crippen molar-refractivity contribution in [3.05, 3.63) is 29.1 Å². The highest BCUT2D eigenvalue weighted by Crippen LogP contribution is 2.31. The molecule has 1 rings (SSSR count). The molecule has 0 atom stereocenters. The van der Waals surface area contributed by atoms with Gasteiger partial charge in [-0.05, 0) is 13.0 Å². The Morgan fingerprint density at radius 3 is 2.54 bits per heavy atom. The van der Waals surface area contributed by atoms with Crippen LogP contribution in [-0.4, -0.2) is 4.98 Å². The highest BCUT2D eigenvalue weighted by atomic mass is 19.4. The molecule has 0 fully saturated rings. The molecule has 0 amide bonds. The van der Waals surface area contributed by atoms with Crippen LogP contribution in [-0.2, 0) is 6.18 Å². The fourth-order valence-corrected chi connectivity index (χ4v) is 0.881. The van der Waals surface area contributed by atoms with Crippen molar-refractivity contribution in [2.75, 3.05) is 0 Å². The first-order valence-corrected chi connectivity index (χ1v) is 3.39. The van der Waals surface area contributed by atoms with Crippen LogP contribution < -0.4 is 0 Å². The second-order valence-corrected chi connectivity index (χ2v) is 2.47. The van der Waals surface area contributed by atoms with E-state index in [2.05, 4.69) is 4.98 Å². The lowest BCUT2D eigenvalue weighted by molar-refractivity contribution is -0.138. The molecular formula is C8H5F3N2. The van der Waals surface area contributed by atoms with E-state index in [0.29, 0.717) is 0 Å². The Labute approximate surface area is 72.6 Å². The van der Waals surface area contributed by atoms with Gasteiger partial charge in [-0.1, -0.05) is 0 Å². The number of pyridine rings is 1. The van der Waals surface area contributed by atoms with Crippen LogP contribution in [0.5, 0.6) is 0 Å². The predicted octanol–water partition coefficient (Wildman–Crippen LogP) is 2.28. The standard InChI is InChI=1S/C8H5F3N2/c1-5-7(8(9,10)11)2-6(3-12)4-13-5/h2,4H,1H3. The van der Waals surface area contributed by atoms with Crippen LogP contribution in [0.25, 0.3) is 0 Å². The lowest BCUT2D eigenvalue weighted by atomic mass is 10.1. The van der Waals surface area contributed by atoms with Crippen LogP contribution in [0.4, 0.5) is 13.2 Å². The number of aromatic nitrogens is 1. The summed E-state index contributed by atoms with van der Waals surface area (Å²) in [5.74, 6) is 0. The first-order chi connectivity index (χ1) is 5.95. The molecule has 0 bridgehead atoms. The van der Waals surface area contributed by atoms with E-state index in [1.807, 2.05) is 0 Å². The third kappa shape index (κ3) is 1.96. The molecule has 0 N–H and O–H groups in total.